The minimum atomic E-state index is -0.914. The van der Waals surface area contributed by atoms with Crippen LogP contribution in [-0.4, -0.2) is 28.3 Å². The van der Waals surface area contributed by atoms with Gasteiger partial charge < -0.3 is 15.2 Å². The fourth-order valence-electron chi connectivity index (χ4n) is 1.61. The SMILES string of the molecule is CCC(C)(O)CNc1cccc(OC(C)C)c1[N+](=O)[O-]. The lowest BCUT2D eigenvalue weighted by molar-refractivity contribution is -0.385. The van der Waals surface area contributed by atoms with Gasteiger partial charge in [-0.05, 0) is 39.3 Å². The molecule has 1 unspecified atom stereocenters. The van der Waals surface area contributed by atoms with Crippen LogP contribution in [0.5, 0.6) is 5.75 Å². The van der Waals surface area contributed by atoms with Crippen molar-refractivity contribution in [3.63, 3.8) is 0 Å². The molecule has 1 atom stereocenters. The molecule has 2 N–H and O–H groups in total. The summed E-state index contributed by atoms with van der Waals surface area (Å²) >= 11 is 0. The van der Waals surface area contributed by atoms with E-state index in [1.165, 1.54) is 0 Å². The third-order valence-corrected chi connectivity index (χ3v) is 2.97. The summed E-state index contributed by atoms with van der Waals surface area (Å²) in [5.41, 5.74) is -0.669. The third-order valence-electron chi connectivity index (χ3n) is 2.97. The number of nitrogens with one attached hydrogen (secondary N) is 1. The van der Waals surface area contributed by atoms with E-state index in [0.29, 0.717) is 12.1 Å². The van der Waals surface area contributed by atoms with Gasteiger partial charge in [0.25, 0.3) is 0 Å². The summed E-state index contributed by atoms with van der Waals surface area (Å²) in [6.45, 7) is 7.39. The lowest BCUT2D eigenvalue weighted by atomic mass is 10.0. The molecule has 0 amide bonds. The molecular formula is C14H22N2O4. The number of nitrogens with zero attached hydrogens (tertiary/aromatic N) is 1. The fourth-order valence-corrected chi connectivity index (χ4v) is 1.61. The number of aliphatic hydroxyl groups is 1. The van der Waals surface area contributed by atoms with E-state index in [9.17, 15) is 15.2 Å². The quantitative estimate of drug-likeness (QED) is 0.593. The van der Waals surface area contributed by atoms with Crippen molar-refractivity contribution in [1.82, 2.24) is 0 Å². The van der Waals surface area contributed by atoms with Crippen molar-refractivity contribution < 1.29 is 14.8 Å². The predicted molar refractivity (Wildman–Crippen MR) is 78.3 cm³/mol. The highest BCUT2D eigenvalue weighted by Crippen LogP contribution is 2.35. The third kappa shape index (κ3) is 4.38. The van der Waals surface area contributed by atoms with Crippen LogP contribution in [0.4, 0.5) is 11.4 Å². The molecule has 0 spiro atoms. The van der Waals surface area contributed by atoms with Crippen LogP contribution >= 0.6 is 0 Å². The normalized spacial score (nSPS) is 13.9. The standard InChI is InChI=1S/C14H22N2O4/c1-5-14(4,17)9-15-11-7-6-8-12(20-10(2)3)13(11)16(18)19/h6-8,10,15,17H,5,9H2,1-4H3. The molecule has 6 heteroatoms. The van der Waals surface area contributed by atoms with Gasteiger partial charge in [-0.15, -0.1) is 0 Å². The van der Waals surface area contributed by atoms with E-state index in [1.54, 1.807) is 25.1 Å². The van der Waals surface area contributed by atoms with Crippen LogP contribution in [0.25, 0.3) is 0 Å². The Bertz CT molecular complexity index is 472. The van der Waals surface area contributed by atoms with Gasteiger partial charge in [-0.2, -0.15) is 0 Å². The Morgan fingerprint density at radius 2 is 2.15 bits per heavy atom. The summed E-state index contributed by atoms with van der Waals surface area (Å²) in [7, 11) is 0. The number of benzene rings is 1. The van der Waals surface area contributed by atoms with Crippen LogP contribution in [0.1, 0.15) is 34.1 Å². The maximum Gasteiger partial charge on any atom is 0.333 e. The van der Waals surface area contributed by atoms with Gasteiger partial charge in [0.05, 0.1) is 16.6 Å². The molecule has 0 fully saturated rings. The van der Waals surface area contributed by atoms with Crippen LogP contribution < -0.4 is 10.1 Å². The van der Waals surface area contributed by atoms with Crippen molar-refractivity contribution in [1.29, 1.82) is 0 Å². The number of ether oxygens (including phenoxy) is 1. The first-order valence-corrected chi connectivity index (χ1v) is 6.67. The first-order chi connectivity index (χ1) is 9.26. The lowest BCUT2D eigenvalue weighted by Crippen LogP contribution is -2.32. The zero-order valence-corrected chi connectivity index (χ0v) is 12.3. The van der Waals surface area contributed by atoms with Crippen molar-refractivity contribution in [3.8, 4) is 5.75 Å². The maximum absolute atomic E-state index is 11.2. The minimum absolute atomic E-state index is 0.104. The Morgan fingerprint density at radius 3 is 2.65 bits per heavy atom. The average molecular weight is 282 g/mol. The molecule has 0 aliphatic carbocycles. The van der Waals surface area contributed by atoms with Crippen molar-refractivity contribution >= 4 is 11.4 Å². The van der Waals surface area contributed by atoms with Crippen LogP contribution in [0.2, 0.25) is 0 Å². The van der Waals surface area contributed by atoms with Crippen molar-refractivity contribution in [2.75, 3.05) is 11.9 Å². The maximum atomic E-state index is 11.2. The number of anilines is 1. The molecule has 6 nitrogen and oxygen atoms in total. The monoisotopic (exact) mass is 282 g/mol. The Hall–Kier alpha value is -1.82. The van der Waals surface area contributed by atoms with E-state index < -0.39 is 10.5 Å². The Morgan fingerprint density at radius 1 is 1.50 bits per heavy atom. The van der Waals surface area contributed by atoms with E-state index >= 15 is 0 Å². The topological polar surface area (TPSA) is 84.6 Å². The van der Waals surface area contributed by atoms with Crippen LogP contribution in [0, 0.1) is 10.1 Å². The van der Waals surface area contributed by atoms with Gasteiger partial charge in [0.1, 0.15) is 5.69 Å². The Labute approximate surface area is 118 Å². The zero-order valence-electron chi connectivity index (χ0n) is 12.3. The van der Waals surface area contributed by atoms with E-state index in [1.807, 2.05) is 20.8 Å². The molecule has 0 aliphatic rings. The van der Waals surface area contributed by atoms with Crippen LogP contribution in [0.3, 0.4) is 0 Å². The van der Waals surface area contributed by atoms with E-state index in [2.05, 4.69) is 5.32 Å². The lowest BCUT2D eigenvalue weighted by Gasteiger charge is -2.22. The summed E-state index contributed by atoms with van der Waals surface area (Å²) in [5, 5.41) is 24.1. The molecule has 0 aliphatic heterocycles. The second-order valence-electron chi connectivity index (χ2n) is 5.28. The molecule has 0 bridgehead atoms. The smallest absolute Gasteiger partial charge is 0.333 e. The second-order valence-corrected chi connectivity index (χ2v) is 5.28. The average Bonchev–Trinajstić information content (AvgIpc) is 2.35. The van der Waals surface area contributed by atoms with Gasteiger partial charge in [-0.3, -0.25) is 10.1 Å². The summed E-state index contributed by atoms with van der Waals surface area (Å²) < 4.78 is 5.46. The first kappa shape index (κ1) is 16.2. The highest BCUT2D eigenvalue weighted by molar-refractivity contribution is 5.68. The number of para-hydroxylation sites is 1. The van der Waals surface area contributed by atoms with Gasteiger partial charge in [0.2, 0.25) is 0 Å². The van der Waals surface area contributed by atoms with Gasteiger partial charge in [-0.1, -0.05) is 13.0 Å². The van der Waals surface area contributed by atoms with E-state index in [4.69, 9.17) is 4.74 Å². The molecule has 1 rings (SSSR count). The van der Waals surface area contributed by atoms with Gasteiger partial charge in [0, 0.05) is 6.54 Å². The molecule has 0 aromatic heterocycles. The molecule has 0 heterocycles. The fraction of sp³-hybridized carbons (Fsp3) is 0.571. The number of hydrogen-bond acceptors (Lipinski definition) is 5. The van der Waals surface area contributed by atoms with Crippen molar-refractivity contribution in [3.05, 3.63) is 28.3 Å². The van der Waals surface area contributed by atoms with E-state index in [0.717, 1.165) is 0 Å². The molecule has 0 saturated carbocycles. The number of hydrogen-bond donors (Lipinski definition) is 2. The van der Waals surface area contributed by atoms with Crippen LogP contribution in [-0.2, 0) is 0 Å². The zero-order chi connectivity index (χ0) is 15.3. The van der Waals surface area contributed by atoms with Crippen LogP contribution in [0.15, 0.2) is 18.2 Å². The Kier molecular flexibility index (Phi) is 5.33. The highest BCUT2D eigenvalue weighted by Gasteiger charge is 2.24. The Balaban J connectivity index is 3.04. The number of nitro groups is 1. The summed E-state index contributed by atoms with van der Waals surface area (Å²) in [6.07, 6.45) is 0.401. The molecule has 1 aromatic carbocycles. The molecule has 20 heavy (non-hydrogen) atoms. The minimum Gasteiger partial charge on any atom is -0.484 e. The molecular weight excluding hydrogens is 260 g/mol. The first-order valence-electron chi connectivity index (χ1n) is 6.67. The van der Waals surface area contributed by atoms with E-state index in [-0.39, 0.29) is 24.1 Å². The second kappa shape index (κ2) is 6.56. The molecule has 0 radical (unpaired) electrons. The molecule has 0 saturated heterocycles. The van der Waals surface area contributed by atoms with Gasteiger partial charge >= 0.3 is 5.69 Å². The van der Waals surface area contributed by atoms with Gasteiger partial charge in [-0.25, -0.2) is 0 Å². The summed E-state index contributed by atoms with van der Waals surface area (Å²) in [5.74, 6) is 0.228. The number of nitro benzene ring substituents is 1. The van der Waals surface area contributed by atoms with Crippen molar-refractivity contribution in [2.45, 2.75) is 45.8 Å². The molecule has 1 aromatic rings. The highest BCUT2D eigenvalue weighted by atomic mass is 16.6. The number of rotatable bonds is 7. The predicted octanol–water partition coefficient (Wildman–Crippen LogP) is 2.95. The van der Waals surface area contributed by atoms with Crippen molar-refractivity contribution in [2.24, 2.45) is 0 Å². The van der Waals surface area contributed by atoms with Gasteiger partial charge in [0.15, 0.2) is 5.75 Å². The largest absolute Gasteiger partial charge is 0.484 e. The molecule has 112 valence electrons. The summed E-state index contributed by atoms with van der Waals surface area (Å²) in [4.78, 5) is 10.8. The summed E-state index contributed by atoms with van der Waals surface area (Å²) in [6, 6.07) is 4.87.